The molecule has 0 radical (unpaired) electrons. The predicted octanol–water partition coefficient (Wildman–Crippen LogP) is 3.29. The molecule has 110 valence electrons. The maximum atomic E-state index is 6.74. The van der Waals surface area contributed by atoms with E-state index in [4.69, 9.17) is 22.1 Å². The zero-order valence-electron chi connectivity index (χ0n) is 11.9. The number of anilines is 1. The molecule has 0 unspecified atom stereocenters. The van der Waals surface area contributed by atoms with Crippen LogP contribution in [0.1, 0.15) is 37.7 Å². The van der Waals surface area contributed by atoms with Crippen LogP contribution < -0.4 is 10.6 Å². The summed E-state index contributed by atoms with van der Waals surface area (Å²) in [5, 5.41) is 0.785. The van der Waals surface area contributed by atoms with Crippen molar-refractivity contribution in [1.29, 1.82) is 0 Å². The molecule has 2 fully saturated rings. The Morgan fingerprint density at radius 3 is 2.50 bits per heavy atom. The van der Waals surface area contributed by atoms with Crippen LogP contribution in [0.25, 0.3) is 0 Å². The fourth-order valence-electron chi connectivity index (χ4n) is 3.44. The van der Waals surface area contributed by atoms with Gasteiger partial charge in [-0.1, -0.05) is 30.9 Å². The first-order chi connectivity index (χ1) is 9.69. The first kappa shape index (κ1) is 14.2. The number of nitrogens with two attached hydrogens (primary N) is 1. The van der Waals surface area contributed by atoms with Gasteiger partial charge in [0, 0.05) is 29.3 Å². The Kier molecular flexibility index (Phi) is 4.20. The highest BCUT2D eigenvalue weighted by Crippen LogP contribution is 2.40. The fraction of sp³-hybridized carbons (Fsp3) is 0.625. The molecule has 20 heavy (non-hydrogen) atoms. The number of hydrogen-bond donors (Lipinski definition) is 1. The van der Waals surface area contributed by atoms with Crippen LogP contribution >= 0.6 is 11.6 Å². The lowest BCUT2D eigenvalue weighted by atomic mass is 9.76. The monoisotopic (exact) mass is 294 g/mol. The number of nitrogens with zero attached hydrogens (tertiary/aromatic N) is 1. The van der Waals surface area contributed by atoms with E-state index in [1.807, 2.05) is 6.07 Å². The molecule has 3 nitrogen and oxygen atoms in total. The molecule has 1 saturated carbocycles. The first-order valence-electron chi connectivity index (χ1n) is 7.61. The number of halogens is 1. The van der Waals surface area contributed by atoms with Crippen LogP contribution in [-0.4, -0.2) is 26.3 Å². The molecule has 0 spiro atoms. The van der Waals surface area contributed by atoms with Crippen molar-refractivity contribution in [2.24, 2.45) is 5.73 Å². The minimum absolute atomic E-state index is 0.212. The Hall–Kier alpha value is -0.770. The van der Waals surface area contributed by atoms with Gasteiger partial charge in [-0.25, -0.2) is 0 Å². The largest absolute Gasteiger partial charge is 0.378 e. The molecule has 4 heteroatoms. The minimum atomic E-state index is -0.212. The van der Waals surface area contributed by atoms with E-state index >= 15 is 0 Å². The summed E-state index contributed by atoms with van der Waals surface area (Å²) in [6.07, 6.45) is 5.85. The molecule has 2 N–H and O–H groups in total. The van der Waals surface area contributed by atoms with Gasteiger partial charge in [0.25, 0.3) is 0 Å². The highest BCUT2D eigenvalue weighted by Gasteiger charge is 2.33. The topological polar surface area (TPSA) is 38.5 Å². The highest BCUT2D eigenvalue weighted by atomic mass is 35.5. The van der Waals surface area contributed by atoms with Gasteiger partial charge >= 0.3 is 0 Å². The summed E-state index contributed by atoms with van der Waals surface area (Å²) >= 11 is 6.24. The SMILES string of the molecule is NC1(c2cc(Cl)ccc2N2CCOCC2)CCCCC1. The van der Waals surface area contributed by atoms with Crippen molar-refractivity contribution in [2.45, 2.75) is 37.6 Å². The second-order valence-electron chi connectivity index (χ2n) is 5.98. The van der Waals surface area contributed by atoms with Crippen molar-refractivity contribution in [3.63, 3.8) is 0 Å². The van der Waals surface area contributed by atoms with Gasteiger partial charge in [0.15, 0.2) is 0 Å². The molecule has 3 rings (SSSR count). The molecule has 0 amide bonds. The van der Waals surface area contributed by atoms with E-state index in [1.54, 1.807) is 0 Å². The summed E-state index contributed by atoms with van der Waals surface area (Å²) in [6, 6.07) is 6.19. The quantitative estimate of drug-likeness (QED) is 0.909. The molecular formula is C16H23ClN2O. The van der Waals surface area contributed by atoms with Crippen molar-refractivity contribution >= 4 is 17.3 Å². The molecule has 0 atom stereocenters. The lowest BCUT2D eigenvalue weighted by Crippen LogP contribution is -2.42. The maximum Gasteiger partial charge on any atom is 0.0642 e. The zero-order valence-corrected chi connectivity index (χ0v) is 12.7. The van der Waals surface area contributed by atoms with Gasteiger partial charge < -0.3 is 15.4 Å². The number of hydrogen-bond acceptors (Lipinski definition) is 3. The standard InChI is InChI=1S/C16H23ClN2O/c17-13-4-5-15(19-8-10-20-11-9-19)14(12-13)16(18)6-2-1-3-7-16/h4-5,12H,1-3,6-11,18H2. The Morgan fingerprint density at radius 1 is 1.10 bits per heavy atom. The number of morpholine rings is 1. The lowest BCUT2D eigenvalue weighted by Gasteiger charge is -2.39. The lowest BCUT2D eigenvalue weighted by molar-refractivity contribution is 0.122. The first-order valence-corrected chi connectivity index (χ1v) is 7.98. The van der Waals surface area contributed by atoms with Crippen molar-refractivity contribution in [3.05, 3.63) is 28.8 Å². The van der Waals surface area contributed by atoms with Gasteiger partial charge in [0.1, 0.15) is 0 Å². The van der Waals surface area contributed by atoms with E-state index in [0.29, 0.717) is 0 Å². The molecule has 1 aliphatic carbocycles. The summed E-state index contributed by atoms with van der Waals surface area (Å²) in [6.45, 7) is 3.45. The molecule has 1 aromatic carbocycles. The molecule has 2 aliphatic rings. The van der Waals surface area contributed by atoms with E-state index in [1.165, 1.54) is 30.5 Å². The maximum absolute atomic E-state index is 6.74. The van der Waals surface area contributed by atoms with Crippen LogP contribution in [0.2, 0.25) is 5.02 Å². The van der Waals surface area contributed by atoms with Gasteiger partial charge in [-0.15, -0.1) is 0 Å². The van der Waals surface area contributed by atoms with Crippen molar-refractivity contribution < 1.29 is 4.74 Å². The second-order valence-corrected chi connectivity index (χ2v) is 6.41. The van der Waals surface area contributed by atoms with Gasteiger partial charge in [-0.3, -0.25) is 0 Å². The fourth-order valence-corrected chi connectivity index (χ4v) is 3.61. The zero-order chi connectivity index (χ0) is 14.0. The molecule has 0 bridgehead atoms. The van der Waals surface area contributed by atoms with E-state index in [-0.39, 0.29) is 5.54 Å². The van der Waals surface area contributed by atoms with Gasteiger partial charge in [0.2, 0.25) is 0 Å². The van der Waals surface area contributed by atoms with Crippen LogP contribution in [0.5, 0.6) is 0 Å². The minimum Gasteiger partial charge on any atom is -0.378 e. The van der Waals surface area contributed by atoms with Crippen LogP contribution in [0, 0.1) is 0 Å². The summed E-state index contributed by atoms with van der Waals surface area (Å²) in [4.78, 5) is 2.39. The van der Waals surface area contributed by atoms with E-state index in [2.05, 4.69) is 17.0 Å². The summed E-state index contributed by atoms with van der Waals surface area (Å²) in [5.74, 6) is 0. The van der Waals surface area contributed by atoms with Crippen LogP contribution in [-0.2, 0) is 10.3 Å². The third kappa shape index (κ3) is 2.80. The Bertz CT molecular complexity index is 466. The second kappa shape index (κ2) is 5.92. The number of rotatable bonds is 2. The third-order valence-electron chi connectivity index (χ3n) is 4.59. The van der Waals surface area contributed by atoms with Crippen molar-refractivity contribution in [1.82, 2.24) is 0 Å². The van der Waals surface area contributed by atoms with Crippen molar-refractivity contribution in [3.8, 4) is 0 Å². The summed E-state index contributed by atoms with van der Waals surface area (Å²) < 4.78 is 5.46. The van der Waals surface area contributed by atoms with E-state index < -0.39 is 0 Å². The Morgan fingerprint density at radius 2 is 1.80 bits per heavy atom. The van der Waals surface area contributed by atoms with Crippen LogP contribution in [0.15, 0.2) is 18.2 Å². The molecule has 1 aliphatic heterocycles. The van der Waals surface area contributed by atoms with Gasteiger partial charge in [-0.05, 0) is 36.6 Å². The summed E-state index contributed by atoms with van der Waals surface area (Å²) in [7, 11) is 0. The third-order valence-corrected chi connectivity index (χ3v) is 4.83. The highest BCUT2D eigenvalue weighted by molar-refractivity contribution is 6.30. The number of benzene rings is 1. The number of ether oxygens (including phenoxy) is 1. The van der Waals surface area contributed by atoms with E-state index in [0.717, 1.165) is 44.2 Å². The van der Waals surface area contributed by atoms with Crippen molar-refractivity contribution in [2.75, 3.05) is 31.2 Å². The molecule has 0 aromatic heterocycles. The molecular weight excluding hydrogens is 272 g/mol. The smallest absolute Gasteiger partial charge is 0.0642 e. The molecule has 1 heterocycles. The predicted molar refractivity (Wildman–Crippen MR) is 83.4 cm³/mol. The Balaban J connectivity index is 1.97. The normalized spacial score (nSPS) is 22.8. The summed E-state index contributed by atoms with van der Waals surface area (Å²) in [5.41, 5.74) is 9.01. The average Bonchev–Trinajstić information content (AvgIpc) is 2.49. The molecule has 1 saturated heterocycles. The Labute approximate surface area is 126 Å². The van der Waals surface area contributed by atoms with E-state index in [9.17, 15) is 0 Å². The van der Waals surface area contributed by atoms with Gasteiger partial charge in [0.05, 0.1) is 13.2 Å². The van der Waals surface area contributed by atoms with Crippen LogP contribution in [0.3, 0.4) is 0 Å². The van der Waals surface area contributed by atoms with Gasteiger partial charge in [-0.2, -0.15) is 0 Å². The average molecular weight is 295 g/mol. The van der Waals surface area contributed by atoms with Crippen LogP contribution in [0.4, 0.5) is 5.69 Å². The molecule has 1 aromatic rings.